The average Bonchev–Trinajstić information content (AvgIpc) is 2.73. The maximum Gasteiger partial charge on any atom is 0.350 e. The van der Waals surface area contributed by atoms with Crippen LogP contribution in [0.15, 0.2) is 29.2 Å². The van der Waals surface area contributed by atoms with Crippen LogP contribution in [0, 0.1) is 0 Å². The summed E-state index contributed by atoms with van der Waals surface area (Å²) in [5.41, 5.74) is 7.97. The van der Waals surface area contributed by atoms with Crippen molar-refractivity contribution in [2.24, 2.45) is 5.73 Å². The van der Waals surface area contributed by atoms with E-state index in [2.05, 4.69) is 27.8 Å². The predicted molar refractivity (Wildman–Crippen MR) is 109 cm³/mol. The first-order valence-electron chi connectivity index (χ1n) is 10.4. The number of nitrogens with two attached hydrogens (primary N) is 1. The van der Waals surface area contributed by atoms with Crippen LogP contribution < -0.4 is 26.8 Å². The molecule has 148 valence electrons. The van der Waals surface area contributed by atoms with Gasteiger partial charge in [-0.1, -0.05) is 6.07 Å². The summed E-state index contributed by atoms with van der Waals surface area (Å²) < 4.78 is 7.83. The van der Waals surface area contributed by atoms with Gasteiger partial charge in [0.25, 0.3) is 0 Å². The molecule has 0 atom stereocenters. The lowest BCUT2D eigenvalue weighted by molar-refractivity contribution is 0.312. The molecule has 2 fully saturated rings. The van der Waals surface area contributed by atoms with Crippen molar-refractivity contribution in [1.82, 2.24) is 14.9 Å². The fraction of sp³-hybridized carbons (Fsp3) is 0.524. The Labute approximate surface area is 164 Å². The molecule has 0 spiro atoms. The van der Waals surface area contributed by atoms with Gasteiger partial charge in [0.2, 0.25) is 0 Å². The molecule has 1 saturated heterocycles. The molecular formula is C21H27N5O2. The molecule has 1 aromatic carbocycles. The fourth-order valence-electron chi connectivity index (χ4n) is 4.65. The molecule has 0 unspecified atom stereocenters. The summed E-state index contributed by atoms with van der Waals surface area (Å²) >= 11 is 0. The molecule has 5 rings (SSSR count). The molecular weight excluding hydrogens is 354 g/mol. The van der Waals surface area contributed by atoms with Gasteiger partial charge in [-0.05, 0) is 75.2 Å². The van der Waals surface area contributed by atoms with Crippen LogP contribution in [0.4, 0.5) is 11.5 Å². The summed E-state index contributed by atoms with van der Waals surface area (Å²) in [6.45, 7) is 2.11. The van der Waals surface area contributed by atoms with Crippen LogP contribution in [0.1, 0.15) is 56.0 Å². The van der Waals surface area contributed by atoms with Gasteiger partial charge in [-0.25, -0.2) is 4.79 Å². The second-order valence-corrected chi connectivity index (χ2v) is 8.22. The molecule has 0 amide bonds. The standard InChI is InChI=1S/C21H27N5O2/c22-15-2-4-16(5-3-15)26-12-19-20(25-21(26)27)24-17-11-14(1-6-18(17)28-19)13-7-9-23-10-8-13/h1,6,11-13,15-16,23H,2-5,7-10,22H2,(H,24,25,27). The third kappa shape index (κ3) is 3.29. The number of nitrogens with one attached hydrogen (secondary N) is 2. The van der Waals surface area contributed by atoms with Gasteiger partial charge >= 0.3 is 5.69 Å². The van der Waals surface area contributed by atoms with Crippen molar-refractivity contribution < 1.29 is 4.74 Å². The van der Waals surface area contributed by atoms with Gasteiger partial charge in [0.05, 0.1) is 11.9 Å². The van der Waals surface area contributed by atoms with Gasteiger partial charge < -0.3 is 21.1 Å². The van der Waals surface area contributed by atoms with Gasteiger partial charge in [0, 0.05) is 12.1 Å². The number of anilines is 2. The fourth-order valence-corrected chi connectivity index (χ4v) is 4.65. The summed E-state index contributed by atoms with van der Waals surface area (Å²) in [4.78, 5) is 16.9. The third-order valence-electron chi connectivity index (χ3n) is 6.34. The lowest BCUT2D eigenvalue weighted by atomic mass is 9.90. The van der Waals surface area contributed by atoms with Gasteiger partial charge in [-0.2, -0.15) is 4.98 Å². The summed E-state index contributed by atoms with van der Waals surface area (Å²) in [5, 5.41) is 6.72. The van der Waals surface area contributed by atoms with Crippen LogP contribution in [-0.4, -0.2) is 28.7 Å². The van der Waals surface area contributed by atoms with Crippen LogP contribution in [-0.2, 0) is 0 Å². The maximum absolute atomic E-state index is 12.6. The van der Waals surface area contributed by atoms with E-state index in [4.69, 9.17) is 10.5 Å². The molecule has 1 aromatic heterocycles. The van der Waals surface area contributed by atoms with E-state index in [1.54, 1.807) is 4.57 Å². The molecule has 0 radical (unpaired) electrons. The molecule has 3 aliphatic rings. The Kier molecular flexibility index (Phi) is 4.56. The highest BCUT2D eigenvalue weighted by molar-refractivity contribution is 5.73. The van der Waals surface area contributed by atoms with Gasteiger partial charge in [0.15, 0.2) is 17.3 Å². The minimum Gasteiger partial charge on any atom is -0.450 e. The van der Waals surface area contributed by atoms with Crippen molar-refractivity contribution in [1.29, 1.82) is 0 Å². The number of benzene rings is 1. The normalized spacial score (nSPS) is 24.6. The Bertz CT molecular complexity index is 927. The predicted octanol–water partition coefficient (Wildman–Crippen LogP) is 3.00. The van der Waals surface area contributed by atoms with Crippen molar-refractivity contribution in [3.8, 4) is 11.5 Å². The smallest absolute Gasteiger partial charge is 0.350 e. The van der Waals surface area contributed by atoms with E-state index in [0.29, 0.717) is 17.5 Å². The first-order chi connectivity index (χ1) is 13.7. The number of ether oxygens (including phenoxy) is 1. The number of piperidine rings is 1. The first-order valence-corrected chi connectivity index (χ1v) is 10.4. The summed E-state index contributed by atoms with van der Waals surface area (Å²) in [6.07, 6.45) is 7.79. The molecule has 1 aliphatic carbocycles. The number of nitrogens with zero attached hydrogens (tertiary/aromatic N) is 2. The van der Waals surface area contributed by atoms with Crippen LogP contribution in [0.3, 0.4) is 0 Å². The number of aromatic nitrogens is 2. The van der Waals surface area contributed by atoms with Gasteiger partial charge in [0.1, 0.15) is 0 Å². The Morgan fingerprint density at radius 1 is 1.07 bits per heavy atom. The van der Waals surface area contributed by atoms with Crippen molar-refractivity contribution >= 4 is 11.5 Å². The lowest BCUT2D eigenvalue weighted by Gasteiger charge is -2.29. The van der Waals surface area contributed by atoms with Gasteiger partial charge in [-0.3, -0.25) is 4.57 Å². The Balaban J connectivity index is 1.41. The third-order valence-corrected chi connectivity index (χ3v) is 6.34. The van der Waals surface area contributed by atoms with Crippen LogP contribution in [0.5, 0.6) is 11.5 Å². The number of rotatable bonds is 2. The molecule has 1 saturated carbocycles. The Hall–Kier alpha value is -2.38. The topological polar surface area (TPSA) is 94.2 Å². The largest absolute Gasteiger partial charge is 0.450 e. The van der Waals surface area contributed by atoms with E-state index < -0.39 is 0 Å². The highest BCUT2D eigenvalue weighted by atomic mass is 16.5. The zero-order chi connectivity index (χ0) is 19.1. The van der Waals surface area contributed by atoms with Crippen LogP contribution in [0.2, 0.25) is 0 Å². The van der Waals surface area contributed by atoms with E-state index in [9.17, 15) is 4.79 Å². The number of fused-ring (bicyclic) bond motifs is 2. The van der Waals surface area contributed by atoms with Crippen molar-refractivity contribution in [2.75, 3.05) is 18.4 Å². The highest BCUT2D eigenvalue weighted by Crippen LogP contribution is 2.42. The van der Waals surface area contributed by atoms with Crippen molar-refractivity contribution in [2.45, 2.75) is 56.5 Å². The van der Waals surface area contributed by atoms with Crippen LogP contribution >= 0.6 is 0 Å². The zero-order valence-corrected chi connectivity index (χ0v) is 16.0. The van der Waals surface area contributed by atoms with E-state index in [1.165, 1.54) is 5.56 Å². The first kappa shape index (κ1) is 17.7. The van der Waals surface area contributed by atoms with E-state index in [0.717, 1.165) is 63.1 Å². The second kappa shape index (κ2) is 7.22. The van der Waals surface area contributed by atoms with Crippen molar-refractivity contribution in [3.63, 3.8) is 0 Å². The number of hydrogen-bond acceptors (Lipinski definition) is 6. The van der Waals surface area contributed by atoms with Crippen molar-refractivity contribution in [3.05, 3.63) is 40.4 Å². The Morgan fingerprint density at radius 2 is 1.86 bits per heavy atom. The molecule has 3 heterocycles. The quantitative estimate of drug-likeness (QED) is 0.632. The summed E-state index contributed by atoms with van der Waals surface area (Å²) in [7, 11) is 0. The average molecular weight is 381 g/mol. The molecule has 4 N–H and O–H groups in total. The summed E-state index contributed by atoms with van der Waals surface area (Å²) in [5.74, 6) is 2.46. The Morgan fingerprint density at radius 3 is 2.64 bits per heavy atom. The minimum absolute atomic E-state index is 0.150. The lowest BCUT2D eigenvalue weighted by Crippen LogP contribution is -2.33. The highest BCUT2D eigenvalue weighted by Gasteiger charge is 2.26. The number of hydrogen-bond donors (Lipinski definition) is 3. The minimum atomic E-state index is -0.228. The van der Waals surface area contributed by atoms with E-state index in [-0.39, 0.29) is 17.8 Å². The summed E-state index contributed by atoms with van der Waals surface area (Å²) in [6, 6.07) is 6.73. The maximum atomic E-state index is 12.6. The van der Waals surface area contributed by atoms with Crippen LogP contribution in [0.25, 0.3) is 0 Å². The van der Waals surface area contributed by atoms with E-state index in [1.807, 2.05) is 12.3 Å². The molecule has 28 heavy (non-hydrogen) atoms. The van der Waals surface area contributed by atoms with Gasteiger partial charge in [-0.15, -0.1) is 0 Å². The van der Waals surface area contributed by atoms with E-state index >= 15 is 0 Å². The SMILES string of the molecule is NC1CCC(n2cc3c(nc2=O)Nc2cc(C4CCNCC4)ccc2O3)CC1. The monoisotopic (exact) mass is 381 g/mol. The molecule has 2 aromatic rings. The molecule has 0 bridgehead atoms. The molecule has 7 heteroatoms. The molecule has 2 aliphatic heterocycles. The second-order valence-electron chi connectivity index (χ2n) is 8.22. The zero-order valence-electron chi connectivity index (χ0n) is 16.0. The molecule has 7 nitrogen and oxygen atoms in total.